The van der Waals surface area contributed by atoms with Gasteiger partial charge >= 0.3 is 0 Å². The van der Waals surface area contributed by atoms with Crippen molar-refractivity contribution < 1.29 is 4.74 Å². The number of hydrogen-bond donors (Lipinski definition) is 1. The molecule has 1 saturated heterocycles. The average Bonchev–Trinajstić information content (AvgIpc) is 2.69. The zero-order valence-corrected chi connectivity index (χ0v) is 9.37. The van der Waals surface area contributed by atoms with Crippen LogP contribution >= 0.6 is 11.6 Å². The average molecular weight is 228 g/mol. The maximum atomic E-state index is 6.08. The standard InChI is InChI=1S/C10H14ClN3O/c1-14(8-2-3-15-6-8)10-9(11)4-7(12)5-13-10/h4-5,8H,2-3,6,12H2,1H3. The van der Waals surface area contributed by atoms with Gasteiger partial charge in [0.2, 0.25) is 0 Å². The Hall–Kier alpha value is -1.00. The molecular formula is C10H14ClN3O. The van der Waals surface area contributed by atoms with Crippen LogP contribution < -0.4 is 10.6 Å². The molecule has 0 spiro atoms. The summed E-state index contributed by atoms with van der Waals surface area (Å²) in [6.07, 6.45) is 2.63. The highest BCUT2D eigenvalue weighted by molar-refractivity contribution is 6.33. The van der Waals surface area contributed by atoms with E-state index in [2.05, 4.69) is 9.88 Å². The number of anilines is 2. The minimum absolute atomic E-state index is 0.360. The van der Waals surface area contributed by atoms with Gasteiger partial charge in [0.15, 0.2) is 0 Å². The molecule has 1 aliphatic rings. The first kappa shape index (κ1) is 10.5. The monoisotopic (exact) mass is 227 g/mol. The minimum Gasteiger partial charge on any atom is -0.397 e. The number of hydrogen-bond acceptors (Lipinski definition) is 4. The third-order valence-corrected chi connectivity index (χ3v) is 2.91. The van der Waals surface area contributed by atoms with Crippen molar-refractivity contribution in [2.24, 2.45) is 0 Å². The van der Waals surface area contributed by atoms with Gasteiger partial charge in [0.05, 0.1) is 29.6 Å². The van der Waals surface area contributed by atoms with E-state index in [-0.39, 0.29) is 0 Å². The highest BCUT2D eigenvalue weighted by atomic mass is 35.5. The van der Waals surface area contributed by atoms with E-state index < -0.39 is 0 Å². The normalized spacial score (nSPS) is 20.5. The van der Waals surface area contributed by atoms with E-state index in [1.54, 1.807) is 12.3 Å². The second-order valence-electron chi connectivity index (χ2n) is 3.70. The summed E-state index contributed by atoms with van der Waals surface area (Å²) in [5.74, 6) is 0.765. The predicted molar refractivity (Wildman–Crippen MR) is 61.3 cm³/mol. The van der Waals surface area contributed by atoms with Crippen LogP contribution in [0.5, 0.6) is 0 Å². The summed E-state index contributed by atoms with van der Waals surface area (Å²) in [4.78, 5) is 6.29. The van der Waals surface area contributed by atoms with Crippen molar-refractivity contribution in [2.75, 3.05) is 30.9 Å². The largest absolute Gasteiger partial charge is 0.397 e. The molecule has 82 valence electrons. The number of rotatable bonds is 2. The second-order valence-corrected chi connectivity index (χ2v) is 4.11. The maximum absolute atomic E-state index is 6.08. The van der Waals surface area contributed by atoms with Crippen LogP contribution in [0.2, 0.25) is 5.02 Å². The van der Waals surface area contributed by atoms with Gasteiger partial charge in [0, 0.05) is 13.7 Å². The third-order valence-electron chi connectivity index (χ3n) is 2.63. The number of nitrogens with two attached hydrogens (primary N) is 1. The quantitative estimate of drug-likeness (QED) is 0.833. The van der Waals surface area contributed by atoms with Gasteiger partial charge in [-0.15, -0.1) is 0 Å². The predicted octanol–water partition coefficient (Wildman–Crippen LogP) is 1.54. The van der Waals surface area contributed by atoms with Gasteiger partial charge in [-0.25, -0.2) is 4.98 Å². The number of nitrogen functional groups attached to an aromatic ring is 1. The highest BCUT2D eigenvalue weighted by Crippen LogP contribution is 2.27. The number of aromatic nitrogens is 1. The molecule has 0 aliphatic carbocycles. The molecule has 2 heterocycles. The molecule has 5 heteroatoms. The van der Waals surface area contributed by atoms with E-state index in [0.29, 0.717) is 16.8 Å². The molecule has 1 fully saturated rings. The summed E-state index contributed by atoms with van der Waals surface area (Å²) >= 11 is 6.08. The van der Waals surface area contributed by atoms with Crippen LogP contribution in [0, 0.1) is 0 Å². The van der Waals surface area contributed by atoms with Crippen LogP contribution in [0.1, 0.15) is 6.42 Å². The second kappa shape index (κ2) is 4.24. The van der Waals surface area contributed by atoms with Gasteiger partial charge in [-0.1, -0.05) is 11.6 Å². The lowest BCUT2D eigenvalue weighted by Crippen LogP contribution is -2.32. The Morgan fingerprint density at radius 3 is 3.07 bits per heavy atom. The SMILES string of the molecule is CN(c1ncc(N)cc1Cl)C1CCOC1. The molecule has 15 heavy (non-hydrogen) atoms. The first-order valence-electron chi connectivity index (χ1n) is 4.90. The van der Waals surface area contributed by atoms with Crippen molar-refractivity contribution in [2.45, 2.75) is 12.5 Å². The molecule has 1 atom stereocenters. The van der Waals surface area contributed by atoms with E-state index in [1.807, 2.05) is 7.05 Å². The van der Waals surface area contributed by atoms with Gasteiger partial charge in [-0.2, -0.15) is 0 Å². The van der Waals surface area contributed by atoms with Crippen LogP contribution in [0.3, 0.4) is 0 Å². The van der Waals surface area contributed by atoms with Crippen molar-refractivity contribution in [1.82, 2.24) is 4.98 Å². The molecule has 1 aliphatic heterocycles. The van der Waals surface area contributed by atoms with E-state index in [4.69, 9.17) is 22.1 Å². The summed E-state index contributed by atoms with van der Waals surface area (Å²) < 4.78 is 5.33. The first-order chi connectivity index (χ1) is 7.18. The molecule has 0 saturated carbocycles. The molecule has 1 unspecified atom stereocenters. The highest BCUT2D eigenvalue weighted by Gasteiger charge is 2.22. The van der Waals surface area contributed by atoms with Gasteiger partial charge in [0.1, 0.15) is 5.82 Å². The molecule has 0 amide bonds. The van der Waals surface area contributed by atoms with E-state index in [9.17, 15) is 0 Å². The maximum Gasteiger partial charge on any atom is 0.147 e. The van der Waals surface area contributed by atoms with E-state index in [1.165, 1.54) is 0 Å². The Bertz CT molecular complexity index is 353. The lowest BCUT2D eigenvalue weighted by atomic mass is 10.2. The van der Waals surface area contributed by atoms with Crippen LogP contribution in [0.15, 0.2) is 12.3 Å². The van der Waals surface area contributed by atoms with Crippen molar-refractivity contribution in [1.29, 1.82) is 0 Å². The topological polar surface area (TPSA) is 51.4 Å². The third kappa shape index (κ3) is 2.16. The summed E-state index contributed by atoms with van der Waals surface area (Å²) in [6.45, 7) is 1.54. The molecule has 2 rings (SSSR count). The summed E-state index contributed by atoms with van der Waals surface area (Å²) in [6, 6.07) is 2.08. The number of nitrogens with zero attached hydrogens (tertiary/aromatic N) is 2. The first-order valence-corrected chi connectivity index (χ1v) is 5.28. The number of likely N-dealkylation sites (N-methyl/N-ethyl adjacent to an activating group) is 1. The Morgan fingerprint density at radius 2 is 2.47 bits per heavy atom. The minimum atomic E-state index is 0.360. The Morgan fingerprint density at radius 1 is 1.67 bits per heavy atom. The summed E-state index contributed by atoms with van der Waals surface area (Å²) in [5, 5.41) is 0.587. The van der Waals surface area contributed by atoms with Crippen LogP contribution in [-0.2, 0) is 4.74 Å². The van der Waals surface area contributed by atoms with Crippen LogP contribution in [-0.4, -0.2) is 31.3 Å². The summed E-state index contributed by atoms with van der Waals surface area (Å²) in [7, 11) is 1.98. The van der Waals surface area contributed by atoms with E-state index >= 15 is 0 Å². The fourth-order valence-electron chi connectivity index (χ4n) is 1.71. The van der Waals surface area contributed by atoms with E-state index in [0.717, 1.165) is 25.5 Å². The zero-order valence-electron chi connectivity index (χ0n) is 8.61. The van der Waals surface area contributed by atoms with Crippen molar-refractivity contribution in [3.8, 4) is 0 Å². The fourth-order valence-corrected chi connectivity index (χ4v) is 2.01. The smallest absolute Gasteiger partial charge is 0.147 e. The lowest BCUT2D eigenvalue weighted by molar-refractivity contribution is 0.193. The van der Waals surface area contributed by atoms with Crippen molar-refractivity contribution >= 4 is 23.1 Å². The molecule has 2 N–H and O–H groups in total. The molecule has 0 aromatic carbocycles. The van der Waals surface area contributed by atoms with Crippen molar-refractivity contribution in [3.63, 3.8) is 0 Å². The Kier molecular flexibility index (Phi) is 2.98. The van der Waals surface area contributed by atoms with Gasteiger partial charge in [0.25, 0.3) is 0 Å². The fraction of sp³-hybridized carbons (Fsp3) is 0.500. The number of ether oxygens (including phenoxy) is 1. The van der Waals surface area contributed by atoms with Crippen LogP contribution in [0.25, 0.3) is 0 Å². The molecule has 0 bridgehead atoms. The zero-order chi connectivity index (χ0) is 10.8. The van der Waals surface area contributed by atoms with Gasteiger partial charge in [-0.3, -0.25) is 0 Å². The molecule has 1 aromatic heterocycles. The Balaban J connectivity index is 2.20. The summed E-state index contributed by atoms with van der Waals surface area (Å²) in [5.41, 5.74) is 6.17. The molecular weight excluding hydrogens is 214 g/mol. The molecule has 0 radical (unpaired) electrons. The van der Waals surface area contributed by atoms with Gasteiger partial charge < -0.3 is 15.4 Å². The van der Waals surface area contributed by atoms with Crippen LogP contribution in [0.4, 0.5) is 11.5 Å². The van der Waals surface area contributed by atoms with Gasteiger partial charge in [-0.05, 0) is 12.5 Å². The number of halogens is 1. The van der Waals surface area contributed by atoms with Crippen molar-refractivity contribution in [3.05, 3.63) is 17.3 Å². The molecule has 4 nitrogen and oxygen atoms in total. The lowest BCUT2D eigenvalue weighted by Gasteiger charge is -2.25. The molecule has 1 aromatic rings. The Labute approximate surface area is 94.0 Å². The number of pyridine rings is 1.